The second kappa shape index (κ2) is 9.57. The largest absolute Gasteiger partial charge is 0.379 e. The fraction of sp³-hybridized carbons (Fsp3) is 0.391. The molecule has 1 aliphatic rings. The van der Waals surface area contributed by atoms with Crippen LogP contribution in [0.3, 0.4) is 0 Å². The van der Waals surface area contributed by atoms with E-state index < -0.39 is 0 Å². The molecule has 3 aromatic rings. The molecule has 0 saturated carbocycles. The van der Waals surface area contributed by atoms with Gasteiger partial charge in [-0.1, -0.05) is 53.7 Å². The predicted octanol–water partition coefficient (Wildman–Crippen LogP) is 3.72. The van der Waals surface area contributed by atoms with Gasteiger partial charge in [-0.25, -0.2) is 4.98 Å². The van der Waals surface area contributed by atoms with E-state index in [1.807, 2.05) is 28.8 Å². The Morgan fingerprint density at radius 3 is 2.72 bits per heavy atom. The molecule has 4 rings (SSSR count). The maximum Gasteiger partial charge on any atom is 0.262 e. The maximum atomic E-state index is 13.2. The smallest absolute Gasteiger partial charge is 0.262 e. The van der Waals surface area contributed by atoms with E-state index in [-0.39, 0.29) is 5.56 Å². The third-order valence-corrected chi connectivity index (χ3v) is 6.28. The number of para-hydroxylation sites is 1. The SMILES string of the molecule is Cc1cccc(CSc2nc3ccccc3c(=O)n2CCCN2CCOCC2)c1. The van der Waals surface area contributed by atoms with Crippen molar-refractivity contribution in [1.29, 1.82) is 0 Å². The molecule has 0 bridgehead atoms. The zero-order valence-electron chi connectivity index (χ0n) is 16.8. The minimum absolute atomic E-state index is 0.0596. The Morgan fingerprint density at radius 2 is 1.90 bits per heavy atom. The average Bonchev–Trinajstić information content (AvgIpc) is 2.75. The summed E-state index contributed by atoms with van der Waals surface area (Å²) in [4.78, 5) is 20.4. The van der Waals surface area contributed by atoms with Crippen molar-refractivity contribution in [1.82, 2.24) is 14.5 Å². The van der Waals surface area contributed by atoms with E-state index in [1.54, 1.807) is 11.8 Å². The van der Waals surface area contributed by atoms with Crippen molar-refractivity contribution in [3.63, 3.8) is 0 Å². The summed E-state index contributed by atoms with van der Waals surface area (Å²) in [5, 5.41) is 1.50. The summed E-state index contributed by atoms with van der Waals surface area (Å²) in [7, 11) is 0. The molecule has 1 fully saturated rings. The third-order valence-electron chi connectivity index (χ3n) is 5.24. The minimum atomic E-state index is 0.0596. The molecule has 2 aromatic carbocycles. The molecule has 2 heterocycles. The first-order valence-corrected chi connectivity index (χ1v) is 11.2. The van der Waals surface area contributed by atoms with E-state index in [1.165, 1.54) is 11.1 Å². The minimum Gasteiger partial charge on any atom is -0.379 e. The van der Waals surface area contributed by atoms with Crippen molar-refractivity contribution >= 4 is 22.7 Å². The van der Waals surface area contributed by atoms with Gasteiger partial charge in [0, 0.05) is 31.9 Å². The Morgan fingerprint density at radius 1 is 1.07 bits per heavy atom. The van der Waals surface area contributed by atoms with Crippen LogP contribution in [0.2, 0.25) is 0 Å². The lowest BCUT2D eigenvalue weighted by Crippen LogP contribution is -2.37. The molecular weight excluding hydrogens is 382 g/mol. The van der Waals surface area contributed by atoms with Crippen LogP contribution in [0.5, 0.6) is 0 Å². The molecule has 0 spiro atoms. The summed E-state index contributed by atoms with van der Waals surface area (Å²) in [5.41, 5.74) is 3.33. The molecule has 1 aromatic heterocycles. The molecule has 1 aliphatic heterocycles. The molecule has 0 N–H and O–H groups in total. The van der Waals surface area contributed by atoms with Crippen LogP contribution in [-0.2, 0) is 17.0 Å². The van der Waals surface area contributed by atoms with Gasteiger partial charge < -0.3 is 4.74 Å². The van der Waals surface area contributed by atoms with Gasteiger partial charge in [-0.15, -0.1) is 0 Å². The molecular formula is C23H27N3O2S. The van der Waals surface area contributed by atoms with Crippen LogP contribution < -0.4 is 5.56 Å². The number of hydrogen-bond acceptors (Lipinski definition) is 5. The van der Waals surface area contributed by atoms with Crippen LogP contribution in [-0.4, -0.2) is 47.3 Å². The lowest BCUT2D eigenvalue weighted by molar-refractivity contribution is 0.0368. The maximum absolute atomic E-state index is 13.2. The first kappa shape index (κ1) is 20.1. The van der Waals surface area contributed by atoms with Gasteiger partial charge in [0.05, 0.1) is 24.1 Å². The zero-order chi connectivity index (χ0) is 20.1. The van der Waals surface area contributed by atoms with Crippen molar-refractivity contribution in [2.24, 2.45) is 0 Å². The van der Waals surface area contributed by atoms with Gasteiger partial charge in [0.15, 0.2) is 5.16 Å². The topological polar surface area (TPSA) is 47.4 Å². The number of aromatic nitrogens is 2. The summed E-state index contributed by atoms with van der Waals surface area (Å²) >= 11 is 1.64. The number of nitrogens with zero attached hydrogens (tertiary/aromatic N) is 3. The normalized spacial score (nSPS) is 15.1. The predicted molar refractivity (Wildman–Crippen MR) is 119 cm³/mol. The summed E-state index contributed by atoms with van der Waals surface area (Å²) in [6, 6.07) is 16.1. The molecule has 0 radical (unpaired) electrons. The summed E-state index contributed by atoms with van der Waals surface area (Å²) in [5.74, 6) is 0.802. The van der Waals surface area contributed by atoms with Gasteiger partial charge in [-0.2, -0.15) is 0 Å². The van der Waals surface area contributed by atoms with E-state index in [9.17, 15) is 4.79 Å². The molecule has 6 heteroatoms. The highest BCUT2D eigenvalue weighted by Gasteiger charge is 2.14. The Bertz CT molecular complexity index is 1030. The number of ether oxygens (including phenoxy) is 1. The number of hydrogen-bond donors (Lipinski definition) is 0. The van der Waals surface area contributed by atoms with Crippen LogP contribution in [0.15, 0.2) is 58.5 Å². The third kappa shape index (κ3) is 5.07. The number of fused-ring (bicyclic) bond motifs is 1. The lowest BCUT2D eigenvalue weighted by Gasteiger charge is -2.26. The van der Waals surface area contributed by atoms with Gasteiger partial charge in [0.1, 0.15) is 0 Å². The quantitative estimate of drug-likeness (QED) is 0.440. The van der Waals surface area contributed by atoms with Crippen molar-refractivity contribution in [3.8, 4) is 0 Å². The Hall–Kier alpha value is -2.15. The highest BCUT2D eigenvalue weighted by Crippen LogP contribution is 2.23. The Labute approximate surface area is 175 Å². The molecule has 0 atom stereocenters. The molecule has 29 heavy (non-hydrogen) atoms. The first-order chi connectivity index (χ1) is 14.2. The van der Waals surface area contributed by atoms with E-state index in [0.717, 1.165) is 55.7 Å². The van der Waals surface area contributed by atoms with Crippen molar-refractivity contribution in [2.75, 3.05) is 32.8 Å². The van der Waals surface area contributed by atoms with Gasteiger partial charge in [0.25, 0.3) is 5.56 Å². The van der Waals surface area contributed by atoms with Gasteiger partial charge >= 0.3 is 0 Å². The van der Waals surface area contributed by atoms with Crippen LogP contribution >= 0.6 is 11.8 Å². The van der Waals surface area contributed by atoms with E-state index in [2.05, 4.69) is 36.1 Å². The van der Waals surface area contributed by atoms with Gasteiger partial charge in [-0.05, 0) is 31.0 Å². The summed E-state index contributed by atoms with van der Waals surface area (Å²) < 4.78 is 7.29. The van der Waals surface area contributed by atoms with E-state index in [0.29, 0.717) is 11.9 Å². The molecule has 152 valence electrons. The molecule has 0 unspecified atom stereocenters. The second-order valence-electron chi connectivity index (χ2n) is 7.45. The molecule has 5 nitrogen and oxygen atoms in total. The van der Waals surface area contributed by atoms with Crippen LogP contribution in [0, 0.1) is 6.92 Å². The van der Waals surface area contributed by atoms with Crippen LogP contribution in [0.25, 0.3) is 10.9 Å². The number of morpholine rings is 1. The van der Waals surface area contributed by atoms with E-state index >= 15 is 0 Å². The second-order valence-corrected chi connectivity index (χ2v) is 8.40. The van der Waals surface area contributed by atoms with Crippen molar-refractivity contribution < 1.29 is 4.74 Å². The summed E-state index contributed by atoms with van der Waals surface area (Å²) in [6.45, 7) is 7.31. The highest BCUT2D eigenvalue weighted by molar-refractivity contribution is 7.98. The monoisotopic (exact) mass is 409 g/mol. The first-order valence-electron chi connectivity index (χ1n) is 10.2. The number of benzene rings is 2. The zero-order valence-corrected chi connectivity index (χ0v) is 17.7. The number of thioether (sulfide) groups is 1. The van der Waals surface area contributed by atoms with Crippen molar-refractivity contribution in [3.05, 3.63) is 70.0 Å². The van der Waals surface area contributed by atoms with Gasteiger partial charge in [-0.3, -0.25) is 14.3 Å². The molecule has 0 aliphatic carbocycles. The average molecular weight is 410 g/mol. The molecule has 0 amide bonds. The van der Waals surface area contributed by atoms with Crippen LogP contribution in [0.1, 0.15) is 17.5 Å². The van der Waals surface area contributed by atoms with Gasteiger partial charge in [0.2, 0.25) is 0 Å². The van der Waals surface area contributed by atoms with E-state index in [4.69, 9.17) is 9.72 Å². The Balaban J connectivity index is 1.55. The standard InChI is InChI=1S/C23H27N3O2S/c1-18-6-4-7-19(16-18)17-29-23-24-21-9-3-2-8-20(21)22(27)26(23)11-5-10-25-12-14-28-15-13-25/h2-4,6-9,16H,5,10-15,17H2,1H3. The Kier molecular flexibility index (Phi) is 6.64. The van der Waals surface area contributed by atoms with Crippen molar-refractivity contribution in [2.45, 2.75) is 30.8 Å². The number of rotatable bonds is 7. The molecule has 1 saturated heterocycles. The fourth-order valence-corrected chi connectivity index (χ4v) is 4.65. The summed E-state index contributed by atoms with van der Waals surface area (Å²) in [6.07, 6.45) is 0.929. The highest BCUT2D eigenvalue weighted by atomic mass is 32.2. The van der Waals surface area contributed by atoms with Crippen LogP contribution in [0.4, 0.5) is 0 Å². The lowest BCUT2D eigenvalue weighted by atomic mass is 10.2. The fourth-order valence-electron chi connectivity index (χ4n) is 3.68. The number of aryl methyl sites for hydroxylation is 1.